The maximum absolute atomic E-state index is 9.38. The Hall–Kier alpha value is -5.58. The van der Waals surface area contributed by atoms with Crippen molar-refractivity contribution in [2.45, 2.75) is 52.4 Å². The fourth-order valence-corrected chi connectivity index (χ4v) is 14.5. The summed E-state index contributed by atoms with van der Waals surface area (Å²) < 4.78 is 45.0. The third-order valence-corrected chi connectivity index (χ3v) is 16.7. The second-order valence-corrected chi connectivity index (χ2v) is 20.8. The fourth-order valence-electron chi connectivity index (χ4n) is 9.39. The summed E-state index contributed by atoms with van der Waals surface area (Å²) in [6.07, 6.45) is 0. The molecule has 0 atom stereocenters. The first-order valence-corrected chi connectivity index (χ1v) is 21.0. The summed E-state index contributed by atoms with van der Waals surface area (Å²) in [4.78, 5) is 4.49. The molecule has 0 aromatic heterocycles. The first-order valence-electron chi connectivity index (χ1n) is 21.5. The molecule has 7 aromatic rings. The maximum atomic E-state index is 9.38. The van der Waals surface area contributed by atoms with E-state index in [1.54, 1.807) is 0 Å². The van der Waals surface area contributed by atoms with Crippen LogP contribution in [0.25, 0.3) is 0 Å². The van der Waals surface area contributed by atoms with Gasteiger partial charge in [-0.25, -0.2) is 0 Å². The lowest BCUT2D eigenvalue weighted by molar-refractivity contribution is 0.590. The van der Waals surface area contributed by atoms with Crippen molar-refractivity contribution in [3.05, 3.63) is 175 Å². The second kappa shape index (κ2) is 11.7. The number of hydrogen-bond donors (Lipinski definition) is 0. The van der Waals surface area contributed by atoms with Crippen LogP contribution in [0.4, 0.5) is 34.1 Å². The van der Waals surface area contributed by atoms with E-state index in [9.17, 15) is 2.74 Å². The summed E-state index contributed by atoms with van der Waals surface area (Å²) in [5, 5.41) is 5.30. The van der Waals surface area contributed by atoms with Gasteiger partial charge in [-0.1, -0.05) is 169 Å². The highest BCUT2D eigenvalue weighted by Crippen LogP contribution is 2.47. The molecule has 262 valence electrons. The Labute approximate surface area is 328 Å². The SMILES string of the molecule is [2H]c1c([2H])c([2H])c(N2c3cc(C(C)(C)C)ccc3B3c4cccc5c4N(c4ccccc4[Si]5(c4ccccc4)c4ccccc4)c4cc(C(C)(C)C)cc2c43)c([2H])c1[2H]. The van der Waals surface area contributed by atoms with Crippen LogP contribution in [0.1, 0.15) is 59.5 Å². The molecule has 10 rings (SSSR count). The first-order chi connectivity index (χ1) is 28.2. The fraction of sp³-hybridized carbons (Fsp3) is 0.160. The van der Waals surface area contributed by atoms with E-state index in [2.05, 4.69) is 180 Å². The zero-order valence-electron chi connectivity index (χ0n) is 36.7. The molecule has 0 bridgehead atoms. The van der Waals surface area contributed by atoms with Gasteiger partial charge in [0.05, 0.1) is 6.85 Å². The van der Waals surface area contributed by atoms with E-state index in [1.807, 2.05) is 4.90 Å². The third-order valence-electron chi connectivity index (χ3n) is 11.9. The van der Waals surface area contributed by atoms with Crippen LogP contribution in [0, 0.1) is 0 Å². The minimum absolute atomic E-state index is 0.160. The highest BCUT2D eigenvalue weighted by atomic mass is 28.3. The Kier molecular flexibility index (Phi) is 6.06. The molecule has 0 saturated carbocycles. The summed E-state index contributed by atoms with van der Waals surface area (Å²) in [6, 6.07) is 47.7. The normalized spacial score (nSPS) is 16.2. The number of anilines is 6. The summed E-state index contributed by atoms with van der Waals surface area (Å²) in [7, 11) is -2.93. The molecular formula is C50H45BN2Si. The molecule has 0 saturated heterocycles. The molecule has 0 aliphatic carbocycles. The Morgan fingerprint density at radius 3 is 1.72 bits per heavy atom. The first kappa shape index (κ1) is 27.9. The molecule has 3 aliphatic heterocycles. The van der Waals surface area contributed by atoms with Crippen molar-refractivity contribution in [2.75, 3.05) is 9.80 Å². The molecular weight excluding hydrogens is 667 g/mol. The third kappa shape index (κ3) is 4.59. The molecule has 0 spiro atoms. The van der Waals surface area contributed by atoms with Crippen molar-refractivity contribution in [1.82, 2.24) is 0 Å². The second-order valence-electron chi connectivity index (χ2n) is 17.0. The molecule has 0 radical (unpaired) electrons. The molecule has 7 aromatic carbocycles. The van der Waals surface area contributed by atoms with Gasteiger partial charge in [0.25, 0.3) is 6.71 Å². The molecule has 3 heterocycles. The van der Waals surface area contributed by atoms with E-state index in [-0.39, 0.29) is 47.4 Å². The smallest absolute Gasteiger partial charge is 0.252 e. The van der Waals surface area contributed by atoms with Crippen LogP contribution in [-0.2, 0) is 10.8 Å². The number of benzene rings is 7. The van der Waals surface area contributed by atoms with Crippen molar-refractivity contribution >= 4 is 86.0 Å². The lowest BCUT2D eigenvalue weighted by Crippen LogP contribution is -2.79. The van der Waals surface area contributed by atoms with Gasteiger partial charge in [0.15, 0.2) is 8.07 Å². The van der Waals surface area contributed by atoms with Crippen LogP contribution in [0.3, 0.4) is 0 Å². The lowest BCUT2D eigenvalue weighted by atomic mass is 9.33. The standard InChI is InChI=1S/C50H45BN2Si/c1-49(2,3)34-29-30-39-42(31-34)52(36-19-10-7-11-20-36)43-32-35(50(4,5)6)33-44-47(43)51(39)40-25-18-28-46-48(40)53(44)41-26-16-17-27-45(41)54(46,37-21-12-8-13-22-37)38-23-14-9-15-24-38/h7-33H,1-6H3/i7D,10D,11D,19D,20D. The van der Waals surface area contributed by atoms with Gasteiger partial charge in [-0.3, -0.25) is 0 Å². The number of para-hydroxylation sites is 3. The Morgan fingerprint density at radius 2 is 1.07 bits per heavy atom. The molecule has 0 amide bonds. The number of fused-ring (bicyclic) bond motifs is 6. The van der Waals surface area contributed by atoms with E-state index in [0.29, 0.717) is 0 Å². The highest BCUT2D eigenvalue weighted by molar-refractivity contribution is 7.22. The van der Waals surface area contributed by atoms with Gasteiger partial charge in [-0.2, -0.15) is 0 Å². The number of rotatable bonds is 3. The molecule has 54 heavy (non-hydrogen) atoms. The Bertz CT molecular complexity index is 2820. The van der Waals surface area contributed by atoms with Crippen molar-refractivity contribution in [3.63, 3.8) is 0 Å². The molecule has 4 heteroatoms. The molecule has 3 aliphatic rings. The van der Waals surface area contributed by atoms with E-state index in [1.165, 1.54) is 31.9 Å². The van der Waals surface area contributed by atoms with Crippen LogP contribution < -0.4 is 46.9 Å². The van der Waals surface area contributed by atoms with Crippen LogP contribution in [0.2, 0.25) is 0 Å². The average Bonchev–Trinajstić information content (AvgIpc) is 3.23. The quantitative estimate of drug-likeness (QED) is 0.171. The van der Waals surface area contributed by atoms with Gasteiger partial charge in [0.1, 0.15) is 0 Å². The minimum Gasteiger partial charge on any atom is -0.312 e. The summed E-state index contributed by atoms with van der Waals surface area (Å²) >= 11 is 0. The van der Waals surface area contributed by atoms with Crippen LogP contribution >= 0.6 is 0 Å². The number of hydrogen-bond acceptors (Lipinski definition) is 2. The summed E-state index contributed by atoms with van der Waals surface area (Å²) in [5.41, 5.74) is 10.2. The van der Waals surface area contributed by atoms with Crippen LogP contribution in [0.5, 0.6) is 0 Å². The van der Waals surface area contributed by atoms with Crippen molar-refractivity contribution in [1.29, 1.82) is 0 Å². The van der Waals surface area contributed by atoms with Gasteiger partial charge in [-0.15, -0.1) is 0 Å². The molecule has 0 fully saturated rings. The van der Waals surface area contributed by atoms with Crippen molar-refractivity contribution < 1.29 is 6.85 Å². The van der Waals surface area contributed by atoms with Crippen molar-refractivity contribution in [2.24, 2.45) is 0 Å². The Morgan fingerprint density at radius 1 is 0.500 bits per heavy atom. The number of nitrogens with zero attached hydrogens (tertiary/aromatic N) is 2. The molecule has 0 N–H and O–H groups in total. The van der Waals surface area contributed by atoms with E-state index in [4.69, 9.17) is 4.11 Å². The lowest BCUT2D eigenvalue weighted by Gasteiger charge is -2.51. The zero-order valence-corrected chi connectivity index (χ0v) is 32.7. The van der Waals surface area contributed by atoms with Gasteiger partial charge in [0.2, 0.25) is 0 Å². The Balaban J connectivity index is 1.40. The molecule has 2 nitrogen and oxygen atoms in total. The average molecular weight is 718 g/mol. The highest BCUT2D eigenvalue weighted by Gasteiger charge is 2.53. The van der Waals surface area contributed by atoms with E-state index in [0.717, 1.165) is 44.8 Å². The largest absolute Gasteiger partial charge is 0.312 e. The molecule has 0 unspecified atom stereocenters. The van der Waals surface area contributed by atoms with Crippen molar-refractivity contribution in [3.8, 4) is 0 Å². The predicted molar refractivity (Wildman–Crippen MR) is 235 cm³/mol. The van der Waals surface area contributed by atoms with E-state index < -0.39 is 14.1 Å². The van der Waals surface area contributed by atoms with Gasteiger partial charge in [0, 0.05) is 34.1 Å². The monoisotopic (exact) mass is 717 g/mol. The topological polar surface area (TPSA) is 6.48 Å². The predicted octanol–water partition coefficient (Wildman–Crippen LogP) is 8.06. The van der Waals surface area contributed by atoms with Crippen LogP contribution in [-0.4, -0.2) is 14.8 Å². The van der Waals surface area contributed by atoms with E-state index >= 15 is 0 Å². The van der Waals surface area contributed by atoms with Crippen LogP contribution in [0.15, 0.2) is 164 Å². The summed E-state index contributed by atoms with van der Waals surface area (Å²) in [5.74, 6) is 0. The van der Waals surface area contributed by atoms with Gasteiger partial charge in [-0.05, 0) is 95.4 Å². The minimum atomic E-state index is -2.93. The maximum Gasteiger partial charge on any atom is 0.252 e. The zero-order chi connectivity index (χ0) is 41.3. The van der Waals surface area contributed by atoms with Gasteiger partial charge < -0.3 is 9.80 Å². The summed E-state index contributed by atoms with van der Waals surface area (Å²) in [6.45, 7) is 13.0. The van der Waals surface area contributed by atoms with Gasteiger partial charge >= 0.3 is 0 Å².